The van der Waals surface area contributed by atoms with Crippen LogP contribution in [0.1, 0.15) is 223 Å². The SMILES string of the molecule is Cc1c(C2C(O)C(c3c(C)c4c5c(c3N(C)C)C(C)(C)C(C)(C)C(C)(C)N5C(C)(C)C(C)(C)C4(C)C)C2O)c(N(C)C)c2c3c1C(C)(C)C(C)(C)C(C)(C)N3C(C)(C)C(C)(C)C2(C)C. The molecule has 0 spiro atoms. The fourth-order valence-corrected chi connectivity index (χ4v) is 16.0. The number of nitrogens with zero attached hydrogens (tertiary/aromatic N) is 4. The number of aliphatic hydroxyl groups is 2. The minimum Gasteiger partial charge on any atom is -0.392 e. The van der Waals surface area contributed by atoms with Crippen LogP contribution in [0.2, 0.25) is 0 Å². The van der Waals surface area contributed by atoms with Gasteiger partial charge in [-0.25, -0.2) is 0 Å². The molecule has 6 heteroatoms. The van der Waals surface area contributed by atoms with E-state index in [9.17, 15) is 10.2 Å². The lowest BCUT2D eigenvalue weighted by Crippen LogP contribution is -2.76. The molecule has 0 amide bonds. The molecule has 360 valence electrons. The molecule has 4 aliphatic heterocycles. The maximum Gasteiger partial charge on any atom is 0.0729 e. The highest BCUT2D eigenvalue weighted by Crippen LogP contribution is 2.74. The largest absolute Gasteiger partial charge is 0.392 e. The van der Waals surface area contributed by atoms with Gasteiger partial charge in [-0.3, -0.25) is 0 Å². The zero-order chi connectivity index (χ0) is 49.5. The van der Waals surface area contributed by atoms with E-state index in [1.54, 1.807) is 0 Å². The summed E-state index contributed by atoms with van der Waals surface area (Å²) >= 11 is 0. The van der Waals surface area contributed by atoms with Gasteiger partial charge in [0.25, 0.3) is 0 Å². The van der Waals surface area contributed by atoms with E-state index in [0.29, 0.717) is 0 Å². The Morgan fingerprint density at radius 3 is 0.766 bits per heavy atom. The molecule has 2 N–H and O–H groups in total. The van der Waals surface area contributed by atoms with Gasteiger partial charge >= 0.3 is 0 Å². The molecule has 1 saturated carbocycles. The van der Waals surface area contributed by atoms with Crippen LogP contribution in [-0.4, -0.2) is 72.8 Å². The summed E-state index contributed by atoms with van der Waals surface area (Å²) in [5.74, 6) is -0.935. The highest BCUT2D eigenvalue weighted by Gasteiger charge is 2.71. The molecule has 2 aromatic carbocycles. The van der Waals surface area contributed by atoms with Gasteiger partial charge in [0.05, 0.1) is 12.2 Å². The van der Waals surface area contributed by atoms with Crippen molar-refractivity contribution in [3.8, 4) is 0 Å². The number of benzene rings is 2. The van der Waals surface area contributed by atoms with E-state index < -0.39 is 24.0 Å². The molecule has 64 heavy (non-hydrogen) atoms. The monoisotopic (exact) mass is 881 g/mol. The number of rotatable bonds is 4. The number of anilines is 4. The van der Waals surface area contributed by atoms with Crippen molar-refractivity contribution in [3.63, 3.8) is 0 Å². The molecule has 4 heterocycles. The van der Waals surface area contributed by atoms with Gasteiger partial charge in [-0.15, -0.1) is 0 Å². The third-order valence-electron chi connectivity index (χ3n) is 24.1. The fraction of sp³-hybridized carbons (Fsp3) is 0.793. The lowest BCUT2D eigenvalue weighted by molar-refractivity contribution is -0.0791. The van der Waals surface area contributed by atoms with Crippen LogP contribution < -0.4 is 19.6 Å². The van der Waals surface area contributed by atoms with Crippen molar-refractivity contribution >= 4 is 22.7 Å². The van der Waals surface area contributed by atoms with E-state index in [1.165, 1.54) is 56.1 Å². The zero-order valence-corrected chi connectivity index (χ0v) is 47.0. The van der Waals surface area contributed by atoms with E-state index in [-0.39, 0.29) is 65.5 Å². The maximum atomic E-state index is 13.4. The number of hydrogen-bond acceptors (Lipinski definition) is 6. The first kappa shape index (κ1) is 49.5. The molecule has 0 unspecified atom stereocenters. The fourth-order valence-electron chi connectivity index (χ4n) is 16.0. The first-order valence-corrected chi connectivity index (χ1v) is 25.0. The molecule has 2 aromatic rings. The van der Waals surface area contributed by atoms with Gasteiger partial charge in [-0.1, -0.05) is 111 Å². The Morgan fingerprint density at radius 1 is 0.359 bits per heavy atom. The van der Waals surface area contributed by atoms with Crippen LogP contribution in [-0.2, 0) is 21.7 Å². The molecule has 6 nitrogen and oxygen atoms in total. The zero-order valence-electron chi connectivity index (χ0n) is 47.0. The maximum absolute atomic E-state index is 13.4. The molecule has 0 bridgehead atoms. The van der Waals surface area contributed by atoms with Gasteiger partial charge in [0.1, 0.15) is 0 Å². The van der Waals surface area contributed by atoms with Gasteiger partial charge < -0.3 is 29.8 Å². The molecule has 0 aromatic heterocycles. The van der Waals surface area contributed by atoms with Crippen LogP contribution in [0.25, 0.3) is 0 Å². The van der Waals surface area contributed by atoms with E-state index in [1.807, 2.05) is 0 Å². The standard InChI is InChI=1S/C58H96N4O2/c1-31-33(41(59(27)28)39-43-37(31)47(3,4)51(11,12)55(19,20)61(43)57(23,24)53(15,16)49(39,7)8)35-45(63)36(46(35)64)34-32(2)38-44-40(42(34)60(29)30)50(9,10)54(17,18)58(25,26)62(44)56(21,22)52(13,14)48(38,5)6/h35-36,45-46,63-64H,1-30H3. The van der Waals surface area contributed by atoms with E-state index in [2.05, 4.69) is 228 Å². The van der Waals surface area contributed by atoms with Crippen molar-refractivity contribution in [3.05, 3.63) is 44.5 Å². The minimum atomic E-state index is -0.799. The topological polar surface area (TPSA) is 53.4 Å². The average Bonchev–Trinajstić information content (AvgIpc) is 3.09. The van der Waals surface area contributed by atoms with Crippen LogP contribution in [0.3, 0.4) is 0 Å². The van der Waals surface area contributed by atoms with Crippen molar-refractivity contribution in [2.75, 3.05) is 47.8 Å². The second kappa shape index (κ2) is 12.8. The second-order valence-electron chi connectivity index (χ2n) is 28.7. The Kier molecular flexibility index (Phi) is 9.89. The first-order valence-electron chi connectivity index (χ1n) is 25.0. The average molecular weight is 881 g/mol. The molecule has 7 rings (SSSR count). The normalized spacial score (nSPS) is 31.3. The lowest BCUT2D eigenvalue weighted by Gasteiger charge is -2.74. The van der Waals surface area contributed by atoms with Crippen LogP contribution >= 0.6 is 0 Å². The number of hydrogen-bond donors (Lipinski definition) is 2. The summed E-state index contributed by atoms with van der Waals surface area (Å²) < 4.78 is 0. The molecule has 0 saturated heterocycles. The third-order valence-corrected chi connectivity index (χ3v) is 24.1. The van der Waals surface area contributed by atoms with Gasteiger partial charge in [-0.05, 0) is 135 Å². The van der Waals surface area contributed by atoms with Crippen LogP contribution in [0.4, 0.5) is 22.7 Å². The van der Waals surface area contributed by atoms with Crippen LogP contribution in [0.5, 0.6) is 0 Å². The van der Waals surface area contributed by atoms with E-state index >= 15 is 0 Å². The van der Waals surface area contributed by atoms with Gasteiger partial charge in [0.15, 0.2) is 0 Å². The summed E-state index contributed by atoms with van der Waals surface area (Å²) in [4.78, 5) is 10.3. The van der Waals surface area contributed by atoms with E-state index in [0.717, 1.165) is 11.1 Å². The Balaban J connectivity index is 1.60. The summed E-state index contributed by atoms with van der Waals surface area (Å²) in [5, 5.41) is 26.8. The number of aliphatic hydroxyl groups excluding tert-OH is 2. The van der Waals surface area contributed by atoms with Crippen LogP contribution in [0.15, 0.2) is 0 Å². The summed E-state index contributed by atoms with van der Waals surface area (Å²) in [6.07, 6.45) is -1.60. The second-order valence-corrected chi connectivity index (χ2v) is 28.7. The summed E-state index contributed by atoms with van der Waals surface area (Å²) in [7, 11) is 8.77. The first-order chi connectivity index (χ1) is 28.3. The minimum absolute atomic E-state index is 0.138. The lowest BCUT2D eigenvalue weighted by atomic mass is 9.44. The Bertz CT molecular complexity index is 2150. The third kappa shape index (κ3) is 4.83. The molecular formula is C58H96N4O2. The quantitative estimate of drug-likeness (QED) is 0.319. The summed E-state index contributed by atoms with van der Waals surface area (Å²) in [6.45, 7) is 64.0. The Labute approximate surface area is 393 Å². The molecular weight excluding hydrogens is 785 g/mol. The molecule has 5 aliphatic rings. The summed E-state index contributed by atoms with van der Waals surface area (Å²) in [6, 6.07) is 0. The molecule has 1 fully saturated rings. The predicted molar refractivity (Wildman–Crippen MR) is 277 cm³/mol. The highest BCUT2D eigenvalue weighted by atomic mass is 16.3. The Morgan fingerprint density at radius 2 is 0.562 bits per heavy atom. The molecule has 0 radical (unpaired) electrons. The van der Waals surface area contributed by atoms with Crippen molar-refractivity contribution in [1.82, 2.24) is 0 Å². The highest BCUT2D eigenvalue weighted by molar-refractivity contribution is 5.88. The molecule has 0 atom stereocenters. The molecule has 1 aliphatic carbocycles. The van der Waals surface area contributed by atoms with Crippen molar-refractivity contribution in [2.45, 2.75) is 248 Å². The van der Waals surface area contributed by atoms with Crippen molar-refractivity contribution in [1.29, 1.82) is 0 Å². The predicted octanol–water partition coefficient (Wildman–Crippen LogP) is 13.0. The van der Waals surface area contributed by atoms with Crippen molar-refractivity contribution in [2.24, 2.45) is 21.7 Å². The van der Waals surface area contributed by atoms with Gasteiger partial charge in [0, 0.05) is 107 Å². The summed E-state index contributed by atoms with van der Waals surface area (Å²) in [5.41, 5.74) is 13.0. The van der Waals surface area contributed by atoms with Crippen molar-refractivity contribution < 1.29 is 10.2 Å². The van der Waals surface area contributed by atoms with Gasteiger partial charge in [0.2, 0.25) is 0 Å². The van der Waals surface area contributed by atoms with E-state index in [4.69, 9.17) is 0 Å². The Hall–Kier alpha value is -2.44. The van der Waals surface area contributed by atoms with Gasteiger partial charge in [-0.2, -0.15) is 0 Å². The van der Waals surface area contributed by atoms with Crippen LogP contribution in [0, 0.1) is 35.5 Å². The smallest absolute Gasteiger partial charge is 0.0729 e.